The van der Waals surface area contributed by atoms with Crippen molar-refractivity contribution in [3.8, 4) is 11.5 Å². The number of pyridine rings is 2. The summed E-state index contributed by atoms with van der Waals surface area (Å²) in [7, 11) is 0. The predicted molar refractivity (Wildman–Crippen MR) is 93.9 cm³/mol. The van der Waals surface area contributed by atoms with E-state index in [1.165, 1.54) is 9.03 Å². The molecule has 0 radical (unpaired) electrons. The van der Waals surface area contributed by atoms with Gasteiger partial charge in [0.25, 0.3) is 0 Å². The van der Waals surface area contributed by atoms with E-state index < -0.39 is 0 Å². The summed E-state index contributed by atoms with van der Waals surface area (Å²) in [5.41, 5.74) is 1.15. The molecule has 0 aromatic carbocycles. The van der Waals surface area contributed by atoms with E-state index in [0.717, 1.165) is 0 Å². The molecule has 0 bridgehead atoms. The second-order valence-corrected chi connectivity index (χ2v) is 5.68. The van der Waals surface area contributed by atoms with Crippen LogP contribution in [0.15, 0.2) is 24.5 Å². The Morgan fingerprint density at radius 2 is 1.23 bits per heavy atom. The number of tetrazole rings is 2. The standard InChI is InChI=1S/2C7H7ClN4O/c2*1-2-13-6-3-5(8)4-12-7(6)9-10-11-12/h2*3-4H,2H2,1H3. The van der Waals surface area contributed by atoms with Crippen molar-refractivity contribution in [2.24, 2.45) is 0 Å². The molecule has 10 nitrogen and oxygen atoms in total. The van der Waals surface area contributed by atoms with Gasteiger partial charge in [-0.3, -0.25) is 0 Å². The minimum atomic E-state index is 0.545. The van der Waals surface area contributed by atoms with Crippen molar-refractivity contribution in [2.75, 3.05) is 13.2 Å². The minimum absolute atomic E-state index is 0.545. The van der Waals surface area contributed by atoms with E-state index in [4.69, 9.17) is 32.7 Å². The average Bonchev–Trinajstić information content (AvgIpc) is 3.24. The van der Waals surface area contributed by atoms with Crippen molar-refractivity contribution in [3.63, 3.8) is 0 Å². The van der Waals surface area contributed by atoms with E-state index in [1.807, 2.05) is 13.8 Å². The Balaban J connectivity index is 0.000000151. The van der Waals surface area contributed by atoms with Crippen LogP contribution in [0, 0.1) is 0 Å². The smallest absolute Gasteiger partial charge is 0.221 e. The molecule has 4 rings (SSSR count). The summed E-state index contributed by atoms with van der Waals surface area (Å²) < 4.78 is 13.6. The zero-order chi connectivity index (χ0) is 18.5. The maximum absolute atomic E-state index is 5.82. The summed E-state index contributed by atoms with van der Waals surface area (Å²) in [5.74, 6) is 1.19. The molecule has 0 aliphatic carbocycles. The highest BCUT2D eigenvalue weighted by atomic mass is 35.5. The topological polar surface area (TPSA) is 105 Å². The van der Waals surface area contributed by atoms with Crippen molar-refractivity contribution in [2.45, 2.75) is 13.8 Å². The molecule has 0 saturated heterocycles. The van der Waals surface area contributed by atoms with Gasteiger partial charge in [-0.2, -0.15) is 9.03 Å². The second-order valence-electron chi connectivity index (χ2n) is 4.81. The average molecular weight is 397 g/mol. The largest absolute Gasteiger partial charge is 0.490 e. The highest BCUT2D eigenvalue weighted by molar-refractivity contribution is 6.31. The monoisotopic (exact) mass is 396 g/mol. The second kappa shape index (κ2) is 8.11. The molecule has 0 spiro atoms. The first-order chi connectivity index (χ1) is 12.6. The highest BCUT2D eigenvalue weighted by Crippen LogP contribution is 2.22. The number of nitrogens with zero attached hydrogens (tertiary/aromatic N) is 8. The van der Waals surface area contributed by atoms with Crippen molar-refractivity contribution >= 4 is 34.5 Å². The molecule has 4 heterocycles. The molecule has 12 heteroatoms. The summed E-state index contributed by atoms with van der Waals surface area (Å²) in [4.78, 5) is 0. The predicted octanol–water partition coefficient (Wildman–Crippen LogP) is 2.35. The summed E-state index contributed by atoms with van der Waals surface area (Å²) in [5, 5.41) is 23.1. The van der Waals surface area contributed by atoms with E-state index >= 15 is 0 Å². The fourth-order valence-corrected chi connectivity index (χ4v) is 2.48. The summed E-state index contributed by atoms with van der Waals surface area (Å²) in [6, 6.07) is 3.38. The molecule has 0 fully saturated rings. The lowest BCUT2D eigenvalue weighted by atomic mass is 10.4. The summed E-state index contributed by atoms with van der Waals surface area (Å²) in [6.45, 7) is 4.90. The number of ether oxygens (including phenoxy) is 2. The SMILES string of the molecule is CCOc1cc(Cl)cn2nnnc12.CCOc1cc(Cl)cn2nnnc12. The number of hydrogen-bond donors (Lipinski definition) is 0. The molecule has 26 heavy (non-hydrogen) atoms. The quantitative estimate of drug-likeness (QED) is 0.517. The van der Waals surface area contributed by atoms with Gasteiger partial charge in [-0.15, -0.1) is 10.2 Å². The number of rotatable bonds is 4. The van der Waals surface area contributed by atoms with Gasteiger partial charge in [-0.1, -0.05) is 23.2 Å². The Hall–Kier alpha value is -2.72. The van der Waals surface area contributed by atoms with Crippen LogP contribution in [0.5, 0.6) is 11.5 Å². The highest BCUT2D eigenvalue weighted by Gasteiger charge is 2.07. The Morgan fingerprint density at radius 3 is 1.62 bits per heavy atom. The van der Waals surface area contributed by atoms with Gasteiger partial charge in [-0.25, -0.2) is 0 Å². The van der Waals surface area contributed by atoms with Gasteiger partial charge in [0.15, 0.2) is 11.5 Å². The van der Waals surface area contributed by atoms with Gasteiger partial charge in [0.1, 0.15) is 0 Å². The van der Waals surface area contributed by atoms with E-state index in [1.54, 1.807) is 24.5 Å². The first-order valence-electron chi connectivity index (χ1n) is 7.62. The van der Waals surface area contributed by atoms with Gasteiger partial charge in [-0.05, 0) is 34.7 Å². The first-order valence-corrected chi connectivity index (χ1v) is 8.38. The molecule has 4 aromatic heterocycles. The van der Waals surface area contributed by atoms with E-state index in [0.29, 0.717) is 46.1 Å². The van der Waals surface area contributed by atoms with Crippen LogP contribution in [-0.4, -0.2) is 53.3 Å². The molecule has 0 amide bonds. The third kappa shape index (κ3) is 3.92. The minimum Gasteiger partial charge on any atom is -0.490 e. The molecule has 0 atom stereocenters. The lowest BCUT2D eigenvalue weighted by Crippen LogP contribution is -1.96. The molecule has 0 N–H and O–H groups in total. The van der Waals surface area contributed by atoms with Crippen LogP contribution in [-0.2, 0) is 0 Å². The molecule has 0 aliphatic heterocycles. The van der Waals surface area contributed by atoms with Crippen LogP contribution in [0.25, 0.3) is 11.3 Å². The molecule has 4 aromatic rings. The van der Waals surface area contributed by atoms with Gasteiger partial charge < -0.3 is 9.47 Å². The van der Waals surface area contributed by atoms with Gasteiger partial charge in [0, 0.05) is 12.1 Å². The lowest BCUT2D eigenvalue weighted by Gasteiger charge is -2.02. The third-order valence-electron chi connectivity index (χ3n) is 3.06. The normalized spacial score (nSPS) is 10.6. The third-order valence-corrected chi connectivity index (χ3v) is 3.47. The van der Waals surface area contributed by atoms with Gasteiger partial charge in [0.05, 0.1) is 35.7 Å². The Kier molecular flexibility index (Phi) is 5.64. The molecule has 0 unspecified atom stereocenters. The number of aromatic nitrogens is 8. The molecular weight excluding hydrogens is 383 g/mol. The van der Waals surface area contributed by atoms with Crippen LogP contribution in [0.1, 0.15) is 13.8 Å². The Morgan fingerprint density at radius 1 is 0.808 bits per heavy atom. The fourth-order valence-electron chi connectivity index (χ4n) is 2.10. The fraction of sp³-hybridized carbons (Fsp3) is 0.286. The molecule has 0 aliphatic rings. The van der Waals surface area contributed by atoms with Crippen LogP contribution in [0.4, 0.5) is 0 Å². The number of fused-ring (bicyclic) bond motifs is 2. The van der Waals surface area contributed by atoms with Gasteiger partial charge >= 0.3 is 0 Å². The summed E-state index contributed by atoms with van der Waals surface area (Å²) >= 11 is 11.6. The molecule has 0 saturated carbocycles. The van der Waals surface area contributed by atoms with E-state index in [-0.39, 0.29) is 0 Å². The zero-order valence-electron chi connectivity index (χ0n) is 13.9. The van der Waals surface area contributed by atoms with Crippen LogP contribution >= 0.6 is 23.2 Å². The van der Waals surface area contributed by atoms with E-state index in [9.17, 15) is 0 Å². The van der Waals surface area contributed by atoms with Crippen LogP contribution in [0.2, 0.25) is 10.0 Å². The van der Waals surface area contributed by atoms with Gasteiger partial charge in [0.2, 0.25) is 11.3 Å². The maximum atomic E-state index is 5.82. The maximum Gasteiger partial charge on any atom is 0.221 e. The zero-order valence-corrected chi connectivity index (χ0v) is 15.4. The van der Waals surface area contributed by atoms with Crippen molar-refractivity contribution < 1.29 is 9.47 Å². The van der Waals surface area contributed by atoms with Crippen molar-refractivity contribution in [1.29, 1.82) is 0 Å². The first kappa shape index (κ1) is 18.1. The van der Waals surface area contributed by atoms with Crippen molar-refractivity contribution in [3.05, 3.63) is 34.6 Å². The van der Waals surface area contributed by atoms with E-state index in [2.05, 4.69) is 31.1 Å². The number of hydrogen-bond acceptors (Lipinski definition) is 8. The summed E-state index contributed by atoms with van der Waals surface area (Å²) in [6.07, 6.45) is 3.25. The Labute approximate surface area is 157 Å². The Bertz CT molecular complexity index is 937. The molecular formula is C14H14Cl2N8O2. The van der Waals surface area contributed by atoms with Crippen LogP contribution < -0.4 is 9.47 Å². The molecule has 136 valence electrons. The number of halogens is 2. The van der Waals surface area contributed by atoms with Crippen LogP contribution in [0.3, 0.4) is 0 Å². The lowest BCUT2D eigenvalue weighted by molar-refractivity contribution is 0.342. The van der Waals surface area contributed by atoms with Crippen molar-refractivity contribution in [1.82, 2.24) is 40.1 Å².